The minimum absolute atomic E-state index is 0.152. The summed E-state index contributed by atoms with van der Waals surface area (Å²) in [6, 6.07) is 19.9. The molecule has 30 heavy (non-hydrogen) atoms. The minimum Gasteiger partial charge on any atom is -0.465 e. The molecule has 6 nitrogen and oxygen atoms in total. The Morgan fingerprint density at radius 3 is 1.40 bits per heavy atom. The van der Waals surface area contributed by atoms with E-state index in [1.54, 1.807) is 13.8 Å². The van der Waals surface area contributed by atoms with E-state index < -0.39 is 0 Å². The van der Waals surface area contributed by atoms with Crippen molar-refractivity contribution in [2.24, 2.45) is 0 Å². The molecule has 0 N–H and O–H groups in total. The maximum atomic E-state index is 12.1. The fourth-order valence-corrected chi connectivity index (χ4v) is 4.69. The summed E-state index contributed by atoms with van der Waals surface area (Å²) in [4.78, 5) is 24.1. The van der Waals surface area contributed by atoms with Gasteiger partial charge in [0.2, 0.25) is 0 Å². The summed E-state index contributed by atoms with van der Waals surface area (Å²) in [5, 5.41) is 0. The first-order valence-corrected chi connectivity index (χ1v) is 11.9. The molecule has 0 aliphatic heterocycles. The van der Waals surface area contributed by atoms with Crippen LogP contribution >= 0.6 is 22.0 Å². The molecule has 0 saturated heterocycles. The Hall–Kier alpha value is -2.00. The van der Waals surface area contributed by atoms with E-state index in [9.17, 15) is 9.59 Å². The zero-order valence-electron chi connectivity index (χ0n) is 17.4. The lowest BCUT2D eigenvalue weighted by atomic mass is 10.2. The zero-order chi connectivity index (χ0) is 21.6. The van der Waals surface area contributed by atoms with E-state index in [0.29, 0.717) is 26.3 Å². The minimum atomic E-state index is -0.276. The number of carbonyl (C=O) groups is 2. The number of carbonyl (C=O) groups excluding carboxylic acids is 2. The summed E-state index contributed by atoms with van der Waals surface area (Å²) < 4.78 is 14.1. The molecule has 0 aliphatic carbocycles. The van der Waals surface area contributed by atoms with Gasteiger partial charge >= 0.3 is 11.9 Å². The molecule has 0 fully saturated rings. The third-order valence-corrected chi connectivity index (χ3v) is 6.34. The second kappa shape index (κ2) is 14.1. The molecule has 0 aliphatic rings. The van der Waals surface area contributed by atoms with Crippen LogP contribution in [-0.4, -0.2) is 46.9 Å². The highest BCUT2D eigenvalue weighted by atomic mass is 33.1. The van der Waals surface area contributed by atoms with Gasteiger partial charge in [0.05, 0.1) is 13.2 Å². The van der Waals surface area contributed by atoms with Gasteiger partial charge in [-0.3, -0.25) is 9.59 Å². The molecule has 0 heterocycles. The second-order valence-corrected chi connectivity index (χ2v) is 8.55. The molecule has 0 bridgehead atoms. The molecule has 0 saturated carbocycles. The predicted molar refractivity (Wildman–Crippen MR) is 122 cm³/mol. The van der Waals surface area contributed by atoms with E-state index in [-0.39, 0.29) is 25.0 Å². The Kier molecular flexibility index (Phi) is 11.4. The van der Waals surface area contributed by atoms with Crippen molar-refractivity contribution in [3.63, 3.8) is 0 Å². The van der Waals surface area contributed by atoms with E-state index in [1.807, 2.05) is 69.3 Å². The molecule has 162 valence electrons. The molecule has 0 aromatic heterocycles. The highest BCUT2D eigenvalue weighted by Gasteiger charge is 2.18. The smallest absolute Gasteiger partial charge is 0.321 e. The molecular formula is C22H28N2O4S2. The van der Waals surface area contributed by atoms with Crippen LogP contribution in [0.2, 0.25) is 0 Å². The Morgan fingerprint density at radius 2 is 1.07 bits per heavy atom. The van der Waals surface area contributed by atoms with Crippen LogP contribution in [0.15, 0.2) is 60.7 Å². The van der Waals surface area contributed by atoms with Gasteiger partial charge in [0.15, 0.2) is 0 Å². The molecule has 2 aromatic carbocycles. The highest BCUT2D eigenvalue weighted by Crippen LogP contribution is 2.32. The summed E-state index contributed by atoms with van der Waals surface area (Å²) in [5.41, 5.74) is 2.19. The van der Waals surface area contributed by atoms with Crippen LogP contribution in [0.3, 0.4) is 0 Å². The van der Waals surface area contributed by atoms with Crippen molar-refractivity contribution in [1.82, 2.24) is 8.61 Å². The number of nitrogens with zero attached hydrogens (tertiary/aromatic N) is 2. The van der Waals surface area contributed by atoms with Gasteiger partial charge in [-0.15, -0.1) is 0 Å². The SMILES string of the molecule is CCOC(=O)CN(Cc1ccccc1)SSN(CC(=O)OCC)Cc1ccccc1. The second-order valence-electron chi connectivity index (χ2n) is 6.33. The lowest BCUT2D eigenvalue weighted by Crippen LogP contribution is -2.28. The molecule has 8 heteroatoms. The van der Waals surface area contributed by atoms with Crippen LogP contribution in [-0.2, 0) is 32.2 Å². The third kappa shape index (κ3) is 9.67. The van der Waals surface area contributed by atoms with Crippen molar-refractivity contribution in [3.05, 3.63) is 71.8 Å². The Balaban J connectivity index is 2.04. The van der Waals surface area contributed by atoms with Crippen LogP contribution in [0.1, 0.15) is 25.0 Å². The standard InChI is InChI=1S/C22H28N2O4S2/c1-3-27-21(25)17-23(15-19-11-7-5-8-12-19)29-30-24(18-22(26)28-4-2)16-20-13-9-6-10-14-20/h5-14H,3-4,15-18H2,1-2H3. The zero-order valence-corrected chi connectivity index (χ0v) is 19.0. The van der Waals surface area contributed by atoms with Gasteiger partial charge in [-0.2, -0.15) is 0 Å². The van der Waals surface area contributed by atoms with Crippen molar-refractivity contribution >= 4 is 33.9 Å². The Labute approximate surface area is 186 Å². The third-order valence-electron chi connectivity index (χ3n) is 3.87. The molecule has 0 atom stereocenters. The summed E-state index contributed by atoms with van der Waals surface area (Å²) >= 11 is 0. The van der Waals surface area contributed by atoms with Crippen molar-refractivity contribution in [1.29, 1.82) is 0 Å². The van der Waals surface area contributed by atoms with Gasteiger partial charge < -0.3 is 9.47 Å². The van der Waals surface area contributed by atoms with Gasteiger partial charge in [0.1, 0.15) is 13.1 Å². The van der Waals surface area contributed by atoms with E-state index in [0.717, 1.165) is 11.1 Å². The quantitative estimate of drug-likeness (QED) is 0.255. The van der Waals surface area contributed by atoms with Gasteiger partial charge in [0, 0.05) is 35.0 Å². The first-order chi connectivity index (χ1) is 14.6. The van der Waals surface area contributed by atoms with Gasteiger partial charge in [-0.25, -0.2) is 8.61 Å². The largest absolute Gasteiger partial charge is 0.465 e. The van der Waals surface area contributed by atoms with Gasteiger partial charge in [0.25, 0.3) is 0 Å². The lowest BCUT2D eigenvalue weighted by Gasteiger charge is -2.24. The van der Waals surface area contributed by atoms with Crippen LogP contribution in [0, 0.1) is 0 Å². The first-order valence-electron chi connectivity index (χ1n) is 9.84. The van der Waals surface area contributed by atoms with Crippen LogP contribution in [0.4, 0.5) is 0 Å². The molecule has 2 aromatic rings. The lowest BCUT2D eigenvalue weighted by molar-refractivity contribution is -0.144. The van der Waals surface area contributed by atoms with Crippen LogP contribution < -0.4 is 0 Å². The number of esters is 2. The van der Waals surface area contributed by atoms with Gasteiger partial charge in [-0.1, -0.05) is 60.7 Å². The van der Waals surface area contributed by atoms with E-state index in [1.165, 1.54) is 22.0 Å². The monoisotopic (exact) mass is 448 g/mol. The molecule has 0 unspecified atom stereocenters. The highest BCUT2D eigenvalue weighted by molar-refractivity contribution is 8.74. The van der Waals surface area contributed by atoms with Crippen molar-refractivity contribution < 1.29 is 19.1 Å². The Bertz CT molecular complexity index is 697. The molecule has 0 radical (unpaired) electrons. The fraction of sp³-hybridized carbons (Fsp3) is 0.364. The van der Waals surface area contributed by atoms with E-state index in [4.69, 9.17) is 9.47 Å². The number of ether oxygens (including phenoxy) is 2. The van der Waals surface area contributed by atoms with Crippen molar-refractivity contribution in [3.8, 4) is 0 Å². The summed E-state index contributed by atoms with van der Waals surface area (Å²) in [5.74, 6) is -0.553. The normalized spacial score (nSPS) is 10.9. The molecule has 0 spiro atoms. The van der Waals surface area contributed by atoms with Crippen LogP contribution in [0.5, 0.6) is 0 Å². The summed E-state index contributed by atoms with van der Waals surface area (Å²) in [6.45, 7) is 5.74. The topological polar surface area (TPSA) is 59.1 Å². The molecular weight excluding hydrogens is 420 g/mol. The van der Waals surface area contributed by atoms with E-state index in [2.05, 4.69) is 0 Å². The average Bonchev–Trinajstić information content (AvgIpc) is 2.73. The van der Waals surface area contributed by atoms with Crippen molar-refractivity contribution in [2.75, 3.05) is 26.3 Å². The summed E-state index contributed by atoms with van der Waals surface area (Å²) in [6.07, 6.45) is 0. The van der Waals surface area contributed by atoms with Gasteiger partial charge in [-0.05, 0) is 25.0 Å². The fourth-order valence-electron chi connectivity index (χ4n) is 2.59. The number of hydrogen-bond acceptors (Lipinski definition) is 8. The number of hydrogen-bond donors (Lipinski definition) is 0. The molecule has 2 rings (SSSR count). The maximum absolute atomic E-state index is 12.1. The molecule has 0 amide bonds. The number of benzene rings is 2. The average molecular weight is 449 g/mol. The number of rotatable bonds is 13. The maximum Gasteiger partial charge on any atom is 0.321 e. The predicted octanol–water partition coefficient (Wildman–Crippen LogP) is 4.33. The first kappa shape index (κ1) is 24.3. The summed E-state index contributed by atoms with van der Waals surface area (Å²) in [7, 11) is 2.85. The van der Waals surface area contributed by atoms with Crippen molar-refractivity contribution in [2.45, 2.75) is 26.9 Å². The van der Waals surface area contributed by atoms with Crippen LogP contribution in [0.25, 0.3) is 0 Å². The Morgan fingerprint density at radius 1 is 0.700 bits per heavy atom. The van der Waals surface area contributed by atoms with E-state index >= 15 is 0 Å².